The summed E-state index contributed by atoms with van der Waals surface area (Å²) in [6, 6.07) is -5.09. The van der Waals surface area contributed by atoms with E-state index in [1.165, 1.54) is 46.0 Å². The number of primary amides is 1. The van der Waals surface area contributed by atoms with E-state index in [-0.39, 0.29) is 36.7 Å². The number of carbonyl (C=O) groups is 7. The largest absolute Gasteiger partial charge is 0.480 e. The van der Waals surface area contributed by atoms with E-state index in [2.05, 4.69) is 22.9 Å². The summed E-state index contributed by atoms with van der Waals surface area (Å²) in [6.07, 6.45) is 7.81. The topological polar surface area (TPSA) is 257 Å². The molecule has 258 valence electrons. The standard InChI is InChI=1S/C29H51N5O10S/c1-4-5-6-7-8-9-10-11-12-13-24(36)32-18(2)25(37)34-21(14-15-23(31)35)29(43)44-22(17-45-16-20(30)28(41)42)26(38)33-19(3)27(39)40/h18-22H,4-17,30H2,1-3H3,(H2,31,35)(H,32,36)(H,33,38)(H,34,37)(H,39,40)(H,41,42)/t18-,19+,20-,21+,22+/m0/s1. The minimum absolute atomic E-state index is 0.150. The van der Waals surface area contributed by atoms with E-state index in [1.807, 2.05) is 0 Å². The number of nitrogens with one attached hydrogen (secondary N) is 3. The van der Waals surface area contributed by atoms with Gasteiger partial charge in [0.1, 0.15) is 24.2 Å². The summed E-state index contributed by atoms with van der Waals surface area (Å²) in [6.45, 7) is 4.78. The Bertz CT molecular complexity index is 983. The predicted octanol–water partition coefficient (Wildman–Crippen LogP) is 0.809. The molecule has 0 radical (unpaired) electrons. The van der Waals surface area contributed by atoms with Gasteiger partial charge in [-0.15, -0.1) is 0 Å². The zero-order valence-corrected chi connectivity index (χ0v) is 27.3. The minimum Gasteiger partial charge on any atom is -0.480 e. The van der Waals surface area contributed by atoms with Gasteiger partial charge in [-0.3, -0.25) is 28.8 Å². The third kappa shape index (κ3) is 20.3. The molecule has 0 aliphatic rings. The molecule has 16 heteroatoms. The van der Waals surface area contributed by atoms with Crippen molar-refractivity contribution in [2.24, 2.45) is 11.5 Å². The van der Waals surface area contributed by atoms with E-state index in [1.54, 1.807) is 0 Å². The number of ether oxygens (including phenoxy) is 1. The Labute approximate surface area is 268 Å². The molecule has 0 rings (SSSR count). The van der Waals surface area contributed by atoms with E-state index in [0.717, 1.165) is 31.0 Å². The summed E-state index contributed by atoms with van der Waals surface area (Å²) in [4.78, 5) is 84.6. The highest BCUT2D eigenvalue weighted by Gasteiger charge is 2.32. The molecule has 45 heavy (non-hydrogen) atoms. The number of nitrogens with two attached hydrogens (primary N) is 2. The Morgan fingerprint density at radius 3 is 1.84 bits per heavy atom. The van der Waals surface area contributed by atoms with Crippen molar-refractivity contribution >= 4 is 53.3 Å². The molecule has 0 aliphatic heterocycles. The lowest BCUT2D eigenvalue weighted by atomic mass is 10.1. The van der Waals surface area contributed by atoms with Gasteiger partial charge in [0.05, 0.1) is 0 Å². The lowest BCUT2D eigenvalue weighted by Crippen LogP contribution is -2.52. The van der Waals surface area contributed by atoms with Crippen molar-refractivity contribution in [1.82, 2.24) is 16.0 Å². The van der Waals surface area contributed by atoms with E-state index in [0.29, 0.717) is 6.42 Å². The number of esters is 1. The first-order chi connectivity index (χ1) is 21.2. The first kappa shape index (κ1) is 41.6. The van der Waals surface area contributed by atoms with Gasteiger partial charge in [-0.1, -0.05) is 58.3 Å². The average molecular weight is 662 g/mol. The fraction of sp³-hybridized carbons (Fsp3) is 0.759. The maximum absolute atomic E-state index is 13.1. The molecule has 0 fully saturated rings. The van der Waals surface area contributed by atoms with E-state index < -0.39 is 65.9 Å². The molecule has 0 bridgehead atoms. The highest BCUT2D eigenvalue weighted by molar-refractivity contribution is 7.99. The molecule has 0 aromatic rings. The summed E-state index contributed by atoms with van der Waals surface area (Å²) < 4.78 is 5.30. The number of carboxylic acid groups (broad SMARTS) is 2. The number of rotatable bonds is 26. The fourth-order valence-electron chi connectivity index (χ4n) is 3.93. The molecule has 15 nitrogen and oxygen atoms in total. The summed E-state index contributed by atoms with van der Waals surface area (Å²) >= 11 is 0.873. The molecule has 5 atom stereocenters. The Balaban J connectivity index is 5.20. The van der Waals surface area contributed by atoms with Crippen LogP contribution in [0.4, 0.5) is 0 Å². The maximum Gasteiger partial charge on any atom is 0.329 e. The van der Waals surface area contributed by atoms with Gasteiger partial charge in [-0.25, -0.2) is 4.79 Å². The lowest BCUT2D eigenvalue weighted by molar-refractivity contribution is -0.158. The van der Waals surface area contributed by atoms with Crippen LogP contribution in [0.2, 0.25) is 0 Å². The second-order valence-electron chi connectivity index (χ2n) is 10.9. The molecule has 9 N–H and O–H groups in total. The number of hydrogen-bond donors (Lipinski definition) is 7. The fourth-order valence-corrected chi connectivity index (χ4v) is 4.90. The van der Waals surface area contributed by atoms with Crippen LogP contribution in [0.5, 0.6) is 0 Å². The van der Waals surface area contributed by atoms with Crippen LogP contribution in [0.25, 0.3) is 0 Å². The number of unbranched alkanes of at least 4 members (excludes halogenated alkanes) is 8. The van der Waals surface area contributed by atoms with Crippen molar-refractivity contribution in [3.63, 3.8) is 0 Å². The van der Waals surface area contributed by atoms with Crippen molar-refractivity contribution < 1.29 is 48.5 Å². The quantitative estimate of drug-likeness (QED) is 0.0502. The number of thioether (sulfide) groups is 1. The van der Waals surface area contributed by atoms with Crippen molar-refractivity contribution in [2.45, 2.75) is 128 Å². The van der Waals surface area contributed by atoms with Crippen LogP contribution >= 0.6 is 11.8 Å². The third-order valence-electron chi connectivity index (χ3n) is 6.72. The SMILES string of the molecule is CCCCCCCCCCCC(=O)N[C@@H](C)C(=O)N[C@H](CCC(N)=O)C(=O)O[C@H](CSC[C@H](N)C(=O)O)C(=O)N[C@H](C)C(=O)O. The molecule has 0 aromatic carbocycles. The lowest BCUT2D eigenvalue weighted by Gasteiger charge is -2.24. The second kappa shape index (κ2) is 23.9. The van der Waals surface area contributed by atoms with Gasteiger partial charge in [0.25, 0.3) is 5.91 Å². The van der Waals surface area contributed by atoms with Gasteiger partial charge < -0.3 is 42.4 Å². The summed E-state index contributed by atoms with van der Waals surface area (Å²) in [7, 11) is 0. The third-order valence-corrected chi connectivity index (χ3v) is 7.86. The molecule has 0 unspecified atom stereocenters. The van der Waals surface area contributed by atoms with Crippen molar-refractivity contribution in [3.8, 4) is 0 Å². The summed E-state index contributed by atoms with van der Waals surface area (Å²) in [5, 5.41) is 25.2. The van der Waals surface area contributed by atoms with Gasteiger partial charge in [-0.05, 0) is 26.7 Å². The Kier molecular flexibility index (Phi) is 22.1. The Morgan fingerprint density at radius 2 is 1.31 bits per heavy atom. The van der Waals surface area contributed by atoms with E-state index >= 15 is 0 Å². The minimum atomic E-state index is -1.59. The van der Waals surface area contributed by atoms with Gasteiger partial charge in [0, 0.05) is 24.3 Å². The van der Waals surface area contributed by atoms with Crippen LogP contribution < -0.4 is 27.4 Å². The van der Waals surface area contributed by atoms with Gasteiger partial charge in [-0.2, -0.15) is 11.8 Å². The normalized spacial score (nSPS) is 14.2. The van der Waals surface area contributed by atoms with Crippen LogP contribution in [0.3, 0.4) is 0 Å². The number of amides is 4. The first-order valence-corrected chi connectivity index (χ1v) is 16.5. The maximum atomic E-state index is 13.1. The molecule has 4 amide bonds. The number of hydrogen-bond acceptors (Lipinski definition) is 10. The zero-order valence-electron chi connectivity index (χ0n) is 26.5. The van der Waals surface area contributed by atoms with Crippen molar-refractivity contribution in [1.29, 1.82) is 0 Å². The molecule has 0 spiro atoms. The van der Waals surface area contributed by atoms with Gasteiger partial charge in [0.2, 0.25) is 17.7 Å². The molecule has 0 aliphatic carbocycles. The van der Waals surface area contributed by atoms with E-state index in [4.69, 9.17) is 26.4 Å². The van der Waals surface area contributed by atoms with Gasteiger partial charge in [0.15, 0.2) is 6.10 Å². The van der Waals surface area contributed by atoms with E-state index in [9.17, 15) is 33.6 Å². The van der Waals surface area contributed by atoms with Gasteiger partial charge >= 0.3 is 17.9 Å². The van der Waals surface area contributed by atoms with Crippen LogP contribution in [-0.4, -0.2) is 93.5 Å². The van der Waals surface area contributed by atoms with Crippen molar-refractivity contribution in [3.05, 3.63) is 0 Å². The average Bonchev–Trinajstić information content (AvgIpc) is 2.97. The molecule has 0 aromatic heterocycles. The number of aliphatic carboxylic acids is 2. The number of carboxylic acids is 2. The van der Waals surface area contributed by atoms with Crippen LogP contribution in [0.15, 0.2) is 0 Å². The molecular formula is C29H51N5O10S. The summed E-state index contributed by atoms with van der Waals surface area (Å²) in [5.74, 6) is -7.03. The monoisotopic (exact) mass is 661 g/mol. The predicted molar refractivity (Wildman–Crippen MR) is 168 cm³/mol. The molecule has 0 saturated carbocycles. The molecular weight excluding hydrogens is 610 g/mol. The Morgan fingerprint density at radius 1 is 0.733 bits per heavy atom. The first-order valence-electron chi connectivity index (χ1n) is 15.4. The highest BCUT2D eigenvalue weighted by atomic mass is 32.2. The zero-order chi connectivity index (χ0) is 34.4. The smallest absolute Gasteiger partial charge is 0.329 e. The molecule has 0 saturated heterocycles. The van der Waals surface area contributed by atoms with Crippen LogP contribution in [-0.2, 0) is 38.3 Å². The van der Waals surface area contributed by atoms with Crippen LogP contribution in [0.1, 0.15) is 97.8 Å². The van der Waals surface area contributed by atoms with Crippen molar-refractivity contribution in [2.75, 3.05) is 11.5 Å². The summed E-state index contributed by atoms with van der Waals surface area (Å²) in [5.41, 5.74) is 10.7. The van der Waals surface area contributed by atoms with Crippen LogP contribution in [0, 0.1) is 0 Å². The molecule has 0 heterocycles. The second-order valence-corrected chi connectivity index (χ2v) is 12.0. The number of carbonyl (C=O) groups excluding carboxylic acids is 5. The highest BCUT2D eigenvalue weighted by Crippen LogP contribution is 2.12. The Hall–Kier alpha value is -3.40.